The lowest BCUT2D eigenvalue weighted by molar-refractivity contribution is -0.121. The first-order valence-electron chi connectivity index (χ1n) is 13.6. The number of methoxy groups -OCH3 is 2. The fourth-order valence-electron chi connectivity index (χ4n) is 5.53. The third kappa shape index (κ3) is 6.42. The highest BCUT2D eigenvalue weighted by molar-refractivity contribution is 5.87. The zero-order valence-corrected chi connectivity index (χ0v) is 22.7. The Hall–Kier alpha value is -3.84. The van der Waals surface area contributed by atoms with Gasteiger partial charge in [0.1, 0.15) is 17.3 Å². The zero-order chi connectivity index (χ0) is 27.2. The topological polar surface area (TPSA) is 55.7 Å². The first-order chi connectivity index (χ1) is 19.0. The van der Waals surface area contributed by atoms with Crippen LogP contribution >= 0.6 is 0 Å². The summed E-state index contributed by atoms with van der Waals surface area (Å²) in [5.74, 6) is 0.897. The number of para-hydroxylation sites is 1. The molecule has 0 radical (unpaired) electrons. The molecule has 0 saturated carbocycles. The first-order valence-corrected chi connectivity index (χ1v) is 13.6. The lowest BCUT2D eigenvalue weighted by Gasteiger charge is -2.20. The van der Waals surface area contributed by atoms with Gasteiger partial charge in [-0.15, -0.1) is 0 Å². The molecule has 6 nitrogen and oxygen atoms in total. The molecule has 0 bridgehead atoms. The highest BCUT2D eigenvalue weighted by Gasteiger charge is 2.24. The summed E-state index contributed by atoms with van der Waals surface area (Å²) >= 11 is 0. The molecule has 39 heavy (non-hydrogen) atoms. The van der Waals surface area contributed by atoms with Crippen molar-refractivity contribution >= 4 is 16.8 Å². The van der Waals surface area contributed by atoms with Gasteiger partial charge in [-0.2, -0.15) is 0 Å². The van der Waals surface area contributed by atoms with Crippen molar-refractivity contribution < 1.29 is 18.7 Å². The van der Waals surface area contributed by atoms with E-state index in [2.05, 4.69) is 33.1 Å². The Bertz CT molecular complexity index is 1390. The number of carbonyl (C=O) groups excluding carboxylic acids is 1. The van der Waals surface area contributed by atoms with E-state index in [0.717, 1.165) is 47.2 Å². The van der Waals surface area contributed by atoms with Crippen molar-refractivity contribution in [3.8, 4) is 11.5 Å². The zero-order valence-electron chi connectivity index (χ0n) is 22.7. The van der Waals surface area contributed by atoms with Crippen LogP contribution < -0.4 is 14.8 Å². The monoisotopic (exact) mass is 529 g/mol. The Balaban J connectivity index is 1.49. The van der Waals surface area contributed by atoms with Gasteiger partial charge in [0, 0.05) is 55.1 Å². The molecule has 1 aromatic heterocycles. The number of rotatable bonds is 11. The van der Waals surface area contributed by atoms with Crippen molar-refractivity contribution in [1.29, 1.82) is 0 Å². The van der Waals surface area contributed by atoms with Crippen molar-refractivity contribution in [2.75, 3.05) is 40.4 Å². The molecule has 1 fully saturated rings. The second kappa shape index (κ2) is 12.3. The number of nitrogens with one attached hydrogen (secondary N) is 1. The molecular formula is C32H36FN3O3. The van der Waals surface area contributed by atoms with E-state index < -0.39 is 0 Å². The van der Waals surface area contributed by atoms with Gasteiger partial charge in [0.25, 0.3) is 0 Å². The van der Waals surface area contributed by atoms with Gasteiger partial charge in [-0.25, -0.2) is 4.39 Å². The molecule has 1 aliphatic heterocycles. The molecule has 1 aliphatic rings. The fraction of sp³-hybridized carbons (Fsp3) is 0.344. The Kier molecular flexibility index (Phi) is 8.47. The maximum Gasteiger partial charge on any atom is 0.220 e. The number of hydrogen-bond acceptors (Lipinski definition) is 4. The summed E-state index contributed by atoms with van der Waals surface area (Å²) in [5.41, 5.74) is 4.07. The van der Waals surface area contributed by atoms with Crippen LogP contribution in [0.3, 0.4) is 0 Å². The molecule has 7 heteroatoms. The van der Waals surface area contributed by atoms with E-state index >= 15 is 0 Å². The molecule has 1 amide bonds. The predicted molar refractivity (Wildman–Crippen MR) is 152 cm³/mol. The Morgan fingerprint density at radius 1 is 0.974 bits per heavy atom. The molecular weight excluding hydrogens is 493 g/mol. The van der Waals surface area contributed by atoms with Crippen molar-refractivity contribution in [3.05, 3.63) is 95.4 Å². The number of nitrogens with zero attached hydrogens (tertiary/aromatic N) is 2. The van der Waals surface area contributed by atoms with Gasteiger partial charge in [0.15, 0.2) is 0 Å². The number of ether oxygens (including phenoxy) is 2. The quantitative estimate of drug-likeness (QED) is 0.276. The number of likely N-dealkylation sites (tertiary alicyclic amines) is 1. The Morgan fingerprint density at radius 2 is 1.67 bits per heavy atom. The molecule has 204 valence electrons. The second-order valence-electron chi connectivity index (χ2n) is 10.2. The van der Waals surface area contributed by atoms with Crippen LogP contribution in [0.15, 0.2) is 72.9 Å². The largest absolute Gasteiger partial charge is 0.497 e. The van der Waals surface area contributed by atoms with Gasteiger partial charge in [-0.1, -0.05) is 30.3 Å². The van der Waals surface area contributed by atoms with Crippen LogP contribution in [-0.2, 0) is 11.3 Å². The summed E-state index contributed by atoms with van der Waals surface area (Å²) in [6, 6.07) is 20.6. The van der Waals surface area contributed by atoms with E-state index in [4.69, 9.17) is 9.47 Å². The van der Waals surface area contributed by atoms with E-state index in [1.54, 1.807) is 14.2 Å². The van der Waals surface area contributed by atoms with Crippen molar-refractivity contribution in [1.82, 2.24) is 14.8 Å². The van der Waals surface area contributed by atoms with E-state index in [0.29, 0.717) is 31.0 Å². The number of aromatic nitrogens is 1. The normalized spacial score (nSPS) is 14.4. The third-order valence-corrected chi connectivity index (χ3v) is 7.58. The Labute approximate surface area is 229 Å². The van der Waals surface area contributed by atoms with Crippen molar-refractivity contribution in [2.24, 2.45) is 0 Å². The van der Waals surface area contributed by atoms with Gasteiger partial charge >= 0.3 is 0 Å². The number of amides is 1. The SMILES string of the molecule is COc1cc(OC)cc([C@H](CC(=O)NCCN2CCCC2)c2cn(Cc3ccc(F)cc3)c3ccccc23)c1. The van der Waals surface area contributed by atoms with Crippen LogP contribution in [0.1, 0.15) is 41.9 Å². The number of fused-ring (bicyclic) bond motifs is 1. The van der Waals surface area contributed by atoms with Gasteiger partial charge in [-0.05, 0) is 73.0 Å². The van der Waals surface area contributed by atoms with Gasteiger partial charge in [-0.3, -0.25) is 4.79 Å². The van der Waals surface area contributed by atoms with Crippen molar-refractivity contribution in [3.63, 3.8) is 0 Å². The van der Waals surface area contributed by atoms with Gasteiger partial charge < -0.3 is 24.3 Å². The average Bonchev–Trinajstić information content (AvgIpc) is 3.61. The van der Waals surface area contributed by atoms with Crippen LogP contribution in [0, 0.1) is 5.82 Å². The lowest BCUT2D eigenvalue weighted by Crippen LogP contribution is -2.34. The first kappa shape index (κ1) is 26.8. The van der Waals surface area contributed by atoms with Gasteiger partial charge in [0.05, 0.1) is 14.2 Å². The summed E-state index contributed by atoms with van der Waals surface area (Å²) in [5, 5.41) is 4.23. The number of hydrogen-bond donors (Lipinski definition) is 1. The molecule has 4 aromatic rings. The minimum Gasteiger partial charge on any atom is -0.497 e. The summed E-state index contributed by atoms with van der Waals surface area (Å²) in [7, 11) is 3.26. The summed E-state index contributed by atoms with van der Waals surface area (Å²) < 4.78 is 26.8. The lowest BCUT2D eigenvalue weighted by atomic mass is 9.87. The van der Waals surface area contributed by atoms with E-state index in [-0.39, 0.29) is 17.6 Å². The molecule has 1 atom stereocenters. The van der Waals surface area contributed by atoms with E-state index in [9.17, 15) is 9.18 Å². The van der Waals surface area contributed by atoms with Gasteiger partial charge in [0.2, 0.25) is 5.91 Å². The molecule has 0 aliphatic carbocycles. The minimum atomic E-state index is -0.250. The number of halogens is 1. The number of carbonyl (C=O) groups is 1. The highest BCUT2D eigenvalue weighted by Crippen LogP contribution is 2.38. The summed E-state index contributed by atoms with van der Waals surface area (Å²) in [4.78, 5) is 15.7. The third-order valence-electron chi connectivity index (χ3n) is 7.58. The molecule has 3 aromatic carbocycles. The maximum absolute atomic E-state index is 13.5. The minimum absolute atomic E-state index is 0.0105. The second-order valence-corrected chi connectivity index (χ2v) is 10.2. The molecule has 2 heterocycles. The maximum atomic E-state index is 13.5. The molecule has 0 spiro atoms. The standard InChI is InChI=1S/C32H36FN3O3/c1-38-26-17-24(18-27(19-26)39-2)29(20-32(37)34-13-16-35-14-5-6-15-35)30-22-36(31-8-4-3-7-28(30)31)21-23-9-11-25(33)12-10-23/h3-4,7-12,17-19,22,29H,5-6,13-16,20-21H2,1-2H3,(H,34,37)/t29-/m0/s1. The van der Waals surface area contributed by atoms with Crippen LogP contribution in [0.5, 0.6) is 11.5 Å². The smallest absolute Gasteiger partial charge is 0.220 e. The average molecular weight is 530 g/mol. The Morgan fingerprint density at radius 3 is 2.36 bits per heavy atom. The van der Waals surface area contributed by atoms with Crippen LogP contribution in [-0.4, -0.2) is 55.8 Å². The van der Waals surface area contributed by atoms with Crippen LogP contribution in [0.4, 0.5) is 4.39 Å². The predicted octanol–water partition coefficient (Wildman–Crippen LogP) is 5.58. The molecule has 1 saturated heterocycles. The number of benzene rings is 3. The molecule has 1 N–H and O–H groups in total. The summed E-state index contributed by atoms with van der Waals surface area (Å²) in [6.07, 6.45) is 4.88. The van der Waals surface area contributed by atoms with Crippen molar-refractivity contribution in [2.45, 2.75) is 31.7 Å². The van der Waals surface area contributed by atoms with E-state index in [1.165, 1.54) is 25.0 Å². The van der Waals surface area contributed by atoms with E-state index in [1.807, 2.05) is 42.5 Å². The van der Waals surface area contributed by atoms with Crippen LogP contribution in [0.25, 0.3) is 10.9 Å². The molecule has 5 rings (SSSR count). The fourth-order valence-corrected chi connectivity index (χ4v) is 5.53. The summed E-state index contributed by atoms with van der Waals surface area (Å²) in [6.45, 7) is 4.32. The molecule has 0 unspecified atom stereocenters. The van der Waals surface area contributed by atoms with Crippen LogP contribution in [0.2, 0.25) is 0 Å². The highest BCUT2D eigenvalue weighted by atomic mass is 19.1.